The van der Waals surface area contributed by atoms with Gasteiger partial charge in [0.15, 0.2) is 11.5 Å². The number of carbonyl (C=O) groups excluding carboxylic acids is 1. The first-order valence-corrected chi connectivity index (χ1v) is 8.67. The molecule has 5 nitrogen and oxygen atoms in total. The molecule has 24 heavy (non-hydrogen) atoms. The second-order valence-corrected chi connectivity index (χ2v) is 7.59. The topological polar surface area (TPSA) is 64.8 Å². The Kier molecular flexibility index (Phi) is 5.99. The molecule has 0 saturated carbocycles. The van der Waals surface area contributed by atoms with E-state index in [1.807, 2.05) is 4.90 Å². The molecule has 0 bridgehead atoms. The fourth-order valence-corrected chi connectivity index (χ4v) is 3.04. The average Bonchev–Trinajstić information content (AvgIpc) is 2.95. The number of rotatable bonds is 6. The molecule has 1 saturated heterocycles. The number of amides is 1. The first kappa shape index (κ1) is 18.9. The van der Waals surface area contributed by atoms with E-state index in [1.54, 1.807) is 19.2 Å². The van der Waals surface area contributed by atoms with E-state index in [0.717, 1.165) is 6.42 Å². The van der Waals surface area contributed by atoms with Crippen molar-refractivity contribution in [3.63, 3.8) is 0 Å². The van der Waals surface area contributed by atoms with Crippen molar-refractivity contribution in [3.8, 4) is 11.5 Å². The third-order valence-corrected chi connectivity index (χ3v) is 4.66. The molecule has 0 spiro atoms. The van der Waals surface area contributed by atoms with Gasteiger partial charge in [-0.3, -0.25) is 4.79 Å². The van der Waals surface area contributed by atoms with E-state index in [-0.39, 0.29) is 11.3 Å². The maximum Gasteiger partial charge on any atom is 0.254 e. The lowest BCUT2D eigenvalue weighted by atomic mass is 9.90. The van der Waals surface area contributed by atoms with Gasteiger partial charge in [0.05, 0.1) is 18.7 Å². The summed E-state index contributed by atoms with van der Waals surface area (Å²) < 4.78 is 11.1. The fourth-order valence-electron chi connectivity index (χ4n) is 2.78. The summed E-state index contributed by atoms with van der Waals surface area (Å²) in [6.45, 7) is 8.69. The number of likely N-dealkylation sites (tertiary alicyclic amines) is 1. The zero-order chi connectivity index (χ0) is 17.9. The quantitative estimate of drug-likeness (QED) is 0.852. The molecule has 1 heterocycles. The average molecular weight is 355 g/mol. The summed E-state index contributed by atoms with van der Waals surface area (Å²) >= 11 is 6.34. The van der Waals surface area contributed by atoms with Crippen LogP contribution in [0.3, 0.4) is 0 Å². The zero-order valence-electron chi connectivity index (χ0n) is 14.9. The summed E-state index contributed by atoms with van der Waals surface area (Å²) in [5.41, 5.74) is 6.32. The van der Waals surface area contributed by atoms with Crippen LogP contribution in [0.5, 0.6) is 11.5 Å². The number of nitrogens with zero attached hydrogens (tertiary/aromatic N) is 1. The van der Waals surface area contributed by atoms with Crippen LogP contribution in [0.4, 0.5) is 0 Å². The first-order chi connectivity index (χ1) is 11.3. The largest absolute Gasteiger partial charge is 0.493 e. The molecule has 1 fully saturated rings. The molecule has 1 aliphatic rings. The van der Waals surface area contributed by atoms with Crippen molar-refractivity contribution in [1.82, 2.24) is 4.90 Å². The minimum absolute atomic E-state index is 0.0101. The Labute approximate surface area is 149 Å². The number of halogens is 1. The van der Waals surface area contributed by atoms with Gasteiger partial charge in [0.2, 0.25) is 0 Å². The van der Waals surface area contributed by atoms with Crippen molar-refractivity contribution >= 4 is 17.5 Å². The fraction of sp³-hybridized carbons (Fsp3) is 0.611. The Balaban J connectivity index is 2.22. The van der Waals surface area contributed by atoms with E-state index >= 15 is 0 Å². The minimum Gasteiger partial charge on any atom is -0.493 e. The van der Waals surface area contributed by atoms with Gasteiger partial charge in [-0.1, -0.05) is 32.4 Å². The SMILES string of the molecule is COc1cc(C(=O)N2CCC(C)(CN)C2)cc(Cl)c1OCC(C)C. The highest BCUT2D eigenvalue weighted by molar-refractivity contribution is 6.32. The maximum atomic E-state index is 12.8. The Bertz CT molecular complexity index is 606. The van der Waals surface area contributed by atoms with Crippen molar-refractivity contribution < 1.29 is 14.3 Å². The molecule has 1 unspecified atom stereocenters. The van der Waals surface area contributed by atoms with E-state index in [9.17, 15) is 4.79 Å². The summed E-state index contributed by atoms with van der Waals surface area (Å²) in [5, 5.41) is 0.388. The van der Waals surface area contributed by atoms with Gasteiger partial charge in [0.1, 0.15) is 0 Å². The predicted molar refractivity (Wildman–Crippen MR) is 96.0 cm³/mol. The molecule has 1 atom stereocenters. The van der Waals surface area contributed by atoms with Crippen LogP contribution >= 0.6 is 11.6 Å². The van der Waals surface area contributed by atoms with Crippen molar-refractivity contribution in [3.05, 3.63) is 22.7 Å². The molecule has 1 aromatic rings. The van der Waals surface area contributed by atoms with Gasteiger partial charge in [-0.25, -0.2) is 0 Å². The Morgan fingerprint density at radius 1 is 1.46 bits per heavy atom. The summed E-state index contributed by atoms with van der Waals surface area (Å²) in [6, 6.07) is 3.35. The molecule has 2 rings (SSSR count). The van der Waals surface area contributed by atoms with Gasteiger partial charge in [0.25, 0.3) is 5.91 Å². The molecule has 2 N–H and O–H groups in total. The predicted octanol–water partition coefficient (Wildman–Crippen LogP) is 3.19. The molecule has 1 amide bonds. The summed E-state index contributed by atoms with van der Waals surface area (Å²) in [7, 11) is 1.55. The standard InChI is InChI=1S/C18H27ClN2O3/c1-12(2)9-24-16-14(19)7-13(8-15(16)23-4)17(22)21-6-5-18(3,10-20)11-21/h7-8,12H,5-6,9-11,20H2,1-4H3. The molecular formula is C18H27ClN2O3. The molecule has 0 aliphatic carbocycles. The second-order valence-electron chi connectivity index (χ2n) is 7.19. The summed E-state index contributed by atoms with van der Waals surface area (Å²) in [6.07, 6.45) is 0.912. The Morgan fingerprint density at radius 3 is 2.71 bits per heavy atom. The van der Waals surface area contributed by atoms with E-state index in [0.29, 0.717) is 54.2 Å². The maximum absolute atomic E-state index is 12.8. The van der Waals surface area contributed by atoms with Gasteiger partial charge in [0, 0.05) is 18.7 Å². The van der Waals surface area contributed by atoms with Crippen LogP contribution in [0, 0.1) is 11.3 Å². The van der Waals surface area contributed by atoms with Crippen LogP contribution in [0.1, 0.15) is 37.6 Å². The van der Waals surface area contributed by atoms with Gasteiger partial charge < -0.3 is 20.1 Å². The highest BCUT2D eigenvalue weighted by atomic mass is 35.5. The summed E-state index contributed by atoms with van der Waals surface area (Å²) in [5.74, 6) is 1.28. The number of nitrogens with two attached hydrogens (primary N) is 1. The van der Waals surface area contributed by atoms with E-state index in [1.165, 1.54) is 0 Å². The second kappa shape index (κ2) is 7.62. The molecular weight excluding hydrogens is 328 g/mol. The number of hydrogen-bond acceptors (Lipinski definition) is 4. The van der Waals surface area contributed by atoms with Gasteiger partial charge in [-0.2, -0.15) is 0 Å². The molecule has 6 heteroatoms. The number of carbonyl (C=O) groups is 1. The first-order valence-electron chi connectivity index (χ1n) is 8.29. The van der Waals surface area contributed by atoms with Gasteiger partial charge >= 0.3 is 0 Å². The molecule has 0 aromatic heterocycles. The highest BCUT2D eigenvalue weighted by Gasteiger charge is 2.35. The Hall–Kier alpha value is -1.46. The number of hydrogen-bond donors (Lipinski definition) is 1. The lowest BCUT2D eigenvalue weighted by Crippen LogP contribution is -2.34. The molecule has 134 valence electrons. The highest BCUT2D eigenvalue weighted by Crippen LogP contribution is 2.38. The van der Waals surface area contributed by atoms with Gasteiger partial charge in [-0.15, -0.1) is 0 Å². The number of methoxy groups -OCH3 is 1. The van der Waals surface area contributed by atoms with Crippen LogP contribution in [0.25, 0.3) is 0 Å². The monoisotopic (exact) mass is 354 g/mol. The van der Waals surface area contributed by atoms with Crippen LogP contribution in [-0.2, 0) is 0 Å². The lowest BCUT2D eigenvalue weighted by Gasteiger charge is -2.23. The third-order valence-electron chi connectivity index (χ3n) is 4.38. The van der Waals surface area contributed by atoms with Crippen molar-refractivity contribution in [1.29, 1.82) is 0 Å². The third kappa shape index (κ3) is 4.14. The van der Waals surface area contributed by atoms with Crippen molar-refractivity contribution in [2.75, 3.05) is 33.4 Å². The Morgan fingerprint density at radius 2 is 2.17 bits per heavy atom. The molecule has 1 aliphatic heterocycles. The number of benzene rings is 1. The zero-order valence-corrected chi connectivity index (χ0v) is 15.7. The van der Waals surface area contributed by atoms with E-state index in [4.69, 9.17) is 26.8 Å². The van der Waals surface area contributed by atoms with Crippen LogP contribution < -0.4 is 15.2 Å². The van der Waals surface area contributed by atoms with Gasteiger partial charge in [-0.05, 0) is 36.4 Å². The van der Waals surface area contributed by atoms with Crippen LogP contribution in [0.15, 0.2) is 12.1 Å². The smallest absolute Gasteiger partial charge is 0.254 e. The van der Waals surface area contributed by atoms with Crippen LogP contribution in [-0.4, -0.2) is 44.2 Å². The molecule has 0 radical (unpaired) electrons. The van der Waals surface area contributed by atoms with E-state index < -0.39 is 0 Å². The number of ether oxygens (including phenoxy) is 2. The van der Waals surface area contributed by atoms with Crippen LogP contribution in [0.2, 0.25) is 5.02 Å². The van der Waals surface area contributed by atoms with Crippen molar-refractivity contribution in [2.24, 2.45) is 17.1 Å². The summed E-state index contributed by atoms with van der Waals surface area (Å²) in [4.78, 5) is 14.6. The van der Waals surface area contributed by atoms with Crippen molar-refractivity contribution in [2.45, 2.75) is 27.2 Å². The minimum atomic E-state index is -0.0530. The lowest BCUT2D eigenvalue weighted by molar-refractivity contribution is 0.0776. The normalized spacial score (nSPS) is 20.5. The van der Waals surface area contributed by atoms with E-state index in [2.05, 4.69) is 20.8 Å². The molecule has 1 aromatic carbocycles.